The molecular formula is C21H26FN3O4S. The predicted molar refractivity (Wildman–Crippen MR) is 114 cm³/mol. The summed E-state index contributed by atoms with van der Waals surface area (Å²) < 4.78 is 45.2. The monoisotopic (exact) mass is 435 g/mol. The Balaban J connectivity index is 1.43. The van der Waals surface area contributed by atoms with Crippen LogP contribution in [0, 0.1) is 5.82 Å². The summed E-state index contributed by atoms with van der Waals surface area (Å²) in [6.45, 7) is 3.38. The molecule has 30 heavy (non-hydrogen) atoms. The molecule has 0 spiro atoms. The Morgan fingerprint density at radius 2 is 1.70 bits per heavy atom. The van der Waals surface area contributed by atoms with Crippen LogP contribution in [0.5, 0.6) is 5.75 Å². The number of anilines is 1. The zero-order valence-corrected chi connectivity index (χ0v) is 17.6. The van der Waals surface area contributed by atoms with Crippen molar-refractivity contribution in [2.45, 2.75) is 13.0 Å². The smallest absolute Gasteiger partial charge is 0.260 e. The Bertz CT molecular complexity index is 930. The molecule has 0 aliphatic carbocycles. The van der Waals surface area contributed by atoms with Crippen LogP contribution in [-0.4, -0.2) is 63.2 Å². The summed E-state index contributed by atoms with van der Waals surface area (Å²) in [5.74, 6) is -0.264. The van der Waals surface area contributed by atoms with Crippen molar-refractivity contribution < 1.29 is 22.3 Å². The van der Waals surface area contributed by atoms with Crippen LogP contribution in [0.3, 0.4) is 0 Å². The Kier molecular flexibility index (Phi) is 7.28. The van der Waals surface area contributed by atoms with E-state index < -0.39 is 16.1 Å². The highest BCUT2D eigenvalue weighted by atomic mass is 32.2. The molecule has 1 aliphatic heterocycles. The van der Waals surface area contributed by atoms with Gasteiger partial charge in [0, 0.05) is 38.4 Å². The molecule has 1 saturated heterocycles. The van der Waals surface area contributed by atoms with Crippen LogP contribution >= 0.6 is 0 Å². The molecule has 7 nitrogen and oxygen atoms in total. The third-order valence-electron chi connectivity index (χ3n) is 4.91. The van der Waals surface area contributed by atoms with E-state index in [-0.39, 0.29) is 24.0 Å². The molecule has 1 atom stereocenters. The first-order chi connectivity index (χ1) is 14.3. The van der Waals surface area contributed by atoms with E-state index in [9.17, 15) is 17.6 Å². The number of nitrogens with one attached hydrogen (secondary N) is 1. The molecule has 0 saturated carbocycles. The predicted octanol–water partition coefficient (Wildman–Crippen LogP) is 1.86. The van der Waals surface area contributed by atoms with Gasteiger partial charge in [-0.1, -0.05) is 18.2 Å². The fraction of sp³-hybridized carbons (Fsp3) is 0.381. The fourth-order valence-electron chi connectivity index (χ4n) is 3.21. The zero-order chi connectivity index (χ0) is 21.6. The average molecular weight is 436 g/mol. The molecule has 1 aliphatic rings. The van der Waals surface area contributed by atoms with Crippen LogP contribution in [0.2, 0.25) is 0 Å². The number of benzene rings is 2. The van der Waals surface area contributed by atoms with E-state index in [2.05, 4.69) is 5.32 Å². The van der Waals surface area contributed by atoms with Crippen LogP contribution in [-0.2, 0) is 14.8 Å². The summed E-state index contributed by atoms with van der Waals surface area (Å²) in [7, 11) is -3.48. The maximum Gasteiger partial charge on any atom is 0.260 e. The Labute approximate surface area is 176 Å². The number of carbonyl (C=O) groups is 1. The second-order valence-electron chi connectivity index (χ2n) is 7.04. The molecule has 1 heterocycles. The van der Waals surface area contributed by atoms with Crippen molar-refractivity contribution in [3.05, 3.63) is 60.4 Å². The second-order valence-corrected chi connectivity index (χ2v) is 9.13. The third kappa shape index (κ3) is 5.93. The summed E-state index contributed by atoms with van der Waals surface area (Å²) in [5.41, 5.74) is 0.869. The molecule has 1 N–H and O–H groups in total. The van der Waals surface area contributed by atoms with Gasteiger partial charge in [-0.3, -0.25) is 4.79 Å². The molecular weight excluding hydrogens is 409 g/mol. The van der Waals surface area contributed by atoms with E-state index in [1.54, 1.807) is 31.2 Å². The summed E-state index contributed by atoms with van der Waals surface area (Å²) in [6.07, 6.45) is -0.727. The van der Waals surface area contributed by atoms with E-state index >= 15 is 0 Å². The van der Waals surface area contributed by atoms with Crippen molar-refractivity contribution in [3.8, 4) is 5.75 Å². The Hall–Kier alpha value is -2.65. The first-order valence-electron chi connectivity index (χ1n) is 9.83. The SMILES string of the molecule is C[C@@H](Oc1ccccc1)C(=O)NCCS(=O)(=O)N1CCN(c2ccc(F)cc2)CC1. The molecule has 2 aromatic carbocycles. The normalized spacial score (nSPS) is 16.1. The number of para-hydroxylation sites is 1. The molecule has 0 bridgehead atoms. The number of halogens is 1. The van der Waals surface area contributed by atoms with Gasteiger partial charge in [0.1, 0.15) is 11.6 Å². The minimum atomic E-state index is -3.48. The maximum atomic E-state index is 13.1. The summed E-state index contributed by atoms with van der Waals surface area (Å²) >= 11 is 0. The summed E-state index contributed by atoms with van der Waals surface area (Å²) in [6, 6.07) is 15.1. The van der Waals surface area contributed by atoms with Gasteiger partial charge in [0.2, 0.25) is 10.0 Å². The second kappa shape index (κ2) is 9.90. The van der Waals surface area contributed by atoms with Gasteiger partial charge in [-0.25, -0.2) is 12.8 Å². The highest BCUT2D eigenvalue weighted by Gasteiger charge is 2.27. The lowest BCUT2D eigenvalue weighted by Gasteiger charge is -2.35. The van der Waals surface area contributed by atoms with Crippen molar-refractivity contribution in [2.24, 2.45) is 0 Å². The standard InChI is InChI=1S/C21H26FN3O4S/c1-17(29-20-5-3-2-4-6-20)21(26)23-11-16-30(27,28)25-14-12-24(13-15-25)19-9-7-18(22)8-10-19/h2-10,17H,11-16H2,1H3,(H,23,26)/t17-/m1/s1. The molecule has 0 radical (unpaired) electrons. The topological polar surface area (TPSA) is 78.9 Å². The lowest BCUT2D eigenvalue weighted by molar-refractivity contribution is -0.127. The number of sulfonamides is 1. The number of piperazine rings is 1. The Morgan fingerprint density at radius 3 is 2.33 bits per heavy atom. The molecule has 2 aromatic rings. The highest BCUT2D eigenvalue weighted by Crippen LogP contribution is 2.18. The molecule has 1 amide bonds. The number of amides is 1. The van der Waals surface area contributed by atoms with Crippen LogP contribution < -0.4 is 15.0 Å². The number of hydrogen-bond acceptors (Lipinski definition) is 5. The van der Waals surface area contributed by atoms with E-state index in [4.69, 9.17) is 4.74 Å². The first-order valence-corrected chi connectivity index (χ1v) is 11.4. The van der Waals surface area contributed by atoms with Crippen molar-refractivity contribution >= 4 is 21.6 Å². The zero-order valence-electron chi connectivity index (χ0n) is 16.8. The fourth-order valence-corrected chi connectivity index (χ4v) is 4.55. The van der Waals surface area contributed by atoms with Crippen LogP contribution in [0.25, 0.3) is 0 Å². The van der Waals surface area contributed by atoms with Gasteiger partial charge in [0.05, 0.1) is 5.75 Å². The van der Waals surface area contributed by atoms with Gasteiger partial charge in [-0.05, 0) is 43.3 Å². The van der Waals surface area contributed by atoms with E-state index in [0.717, 1.165) is 5.69 Å². The van der Waals surface area contributed by atoms with E-state index in [0.29, 0.717) is 31.9 Å². The van der Waals surface area contributed by atoms with Crippen molar-refractivity contribution in [1.82, 2.24) is 9.62 Å². The minimum absolute atomic E-state index is 0.0157. The summed E-state index contributed by atoms with van der Waals surface area (Å²) in [4.78, 5) is 14.2. The van der Waals surface area contributed by atoms with Gasteiger partial charge in [-0.15, -0.1) is 0 Å². The number of carbonyl (C=O) groups excluding carboxylic acids is 1. The minimum Gasteiger partial charge on any atom is -0.481 e. The molecule has 162 valence electrons. The van der Waals surface area contributed by atoms with Gasteiger partial charge >= 0.3 is 0 Å². The molecule has 0 unspecified atom stereocenters. The van der Waals surface area contributed by atoms with Crippen molar-refractivity contribution in [3.63, 3.8) is 0 Å². The molecule has 9 heteroatoms. The number of ether oxygens (including phenoxy) is 1. The quantitative estimate of drug-likeness (QED) is 0.685. The largest absolute Gasteiger partial charge is 0.481 e. The van der Waals surface area contributed by atoms with E-state index in [1.165, 1.54) is 16.4 Å². The van der Waals surface area contributed by atoms with E-state index in [1.807, 2.05) is 23.1 Å². The van der Waals surface area contributed by atoms with Crippen molar-refractivity contribution in [2.75, 3.05) is 43.4 Å². The van der Waals surface area contributed by atoms with Gasteiger partial charge in [-0.2, -0.15) is 4.31 Å². The maximum absolute atomic E-state index is 13.1. The lowest BCUT2D eigenvalue weighted by Crippen LogP contribution is -2.50. The first kappa shape index (κ1) is 22.0. The van der Waals surface area contributed by atoms with Crippen LogP contribution in [0.4, 0.5) is 10.1 Å². The molecule has 3 rings (SSSR count). The van der Waals surface area contributed by atoms with Crippen LogP contribution in [0.15, 0.2) is 54.6 Å². The Morgan fingerprint density at radius 1 is 1.07 bits per heavy atom. The van der Waals surface area contributed by atoms with Gasteiger partial charge < -0.3 is 15.0 Å². The van der Waals surface area contributed by atoms with Crippen LogP contribution in [0.1, 0.15) is 6.92 Å². The number of nitrogens with zero attached hydrogens (tertiary/aromatic N) is 2. The average Bonchev–Trinajstić information content (AvgIpc) is 2.75. The number of rotatable bonds is 8. The lowest BCUT2D eigenvalue weighted by atomic mass is 10.2. The molecule has 0 aromatic heterocycles. The van der Waals surface area contributed by atoms with Gasteiger partial charge in [0.15, 0.2) is 6.10 Å². The molecule has 1 fully saturated rings. The van der Waals surface area contributed by atoms with Crippen molar-refractivity contribution in [1.29, 1.82) is 0 Å². The third-order valence-corrected chi connectivity index (χ3v) is 6.78. The highest BCUT2D eigenvalue weighted by molar-refractivity contribution is 7.89. The summed E-state index contributed by atoms with van der Waals surface area (Å²) in [5, 5.41) is 2.62. The number of hydrogen-bond donors (Lipinski definition) is 1. The van der Waals surface area contributed by atoms with Gasteiger partial charge in [0.25, 0.3) is 5.91 Å².